The van der Waals surface area contributed by atoms with Crippen LogP contribution >= 0.6 is 11.3 Å². The second kappa shape index (κ2) is 3.72. The highest BCUT2D eigenvalue weighted by atomic mass is 32.1. The van der Waals surface area contributed by atoms with Gasteiger partial charge >= 0.3 is 0 Å². The van der Waals surface area contributed by atoms with Crippen LogP contribution < -0.4 is 0 Å². The average Bonchev–Trinajstić information content (AvgIpc) is 2.67. The number of benzene rings is 1. The first kappa shape index (κ1) is 9.09. The van der Waals surface area contributed by atoms with Crippen molar-refractivity contribution in [3.8, 4) is 10.4 Å². The highest BCUT2D eigenvalue weighted by Crippen LogP contribution is 2.28. The molecule has 0 aliphatic rings. The second-order valence-electron chi connectivity index (χ2n) is 2.80. The summed E-state index contributed by atoms with van der Waals surface area (Å²) in [6, 6.07) is 9.99. The monoisotopic (exact) mass is 206 g/mol. The van der Waals surface area contributed by atoms with Crippen LogP contribution in [0.15, 0.2) is 36.4 Å². The predicted molar refractivity (Wildman–Crippen MR) is 55.1 cm³/mol. The van der Waals surface area contributed by atoms with Gasteiger partial charge in [0.2, 0.25) is 0 Å². The predicted octanol–water partition coefficient (Wildman–Crippen LogP) is 3.37. The molecule has 0 radical (unpaired) electrons. The fourth-order valence-corrected chi connectivity index (χ4v) is 2.07. The van der Waals surface area contributed by atoms with Crippen LogP contribution in [-0.4, -0.2) is 6.29 Å². The zero-order valence-corrected chi connectivity index (χ0v) is 8.05. The van der Waals surface area contributed by atoms with E-state index in [0.717, 1.165) is 11.2 Å². The van der Waals surface area contributed by atoms with E-state index in [4.69, 9.17) is 0 Å². The van der Waals surface area contributed by atoms with Crippen LogP contribution in [0.1, 0.15) is 9.67 Å². The summed E-state index contributed by atoms with van der Waals surface area (Å²) in [5.74, 6) is -0.258. The lowest BCUT2D eigenvalue weighted by atomic mass is 10.2. The summed E-state index contributed by atoms with van der Waals surface area (Å²) in [4.78, 5) is 11.8. The van der Waals surface area contributed by atoms with Crippen molar-refractivity contribution in [2.24, 2.45) is 0 Å². The molecule has 70 valence electrons. The zero-order chi connectivity index (χ0) is 9.97. The first-order valence-corrected chi connectivity index (χ1v) is 4.93. The molecule has 0 unspecified atom stereocenters. The minimum absolute atomic E-state index is 0.258. The second-order valence-corrected chi connectivity index (χ2v) is 3.92. The Morgan fingerprint density at radius 3 is 2.57 bits per heavy atom. The van der Waals surface area contributed by atoms with Crippen molar-refractivity contribution in [2.75, 3.05) is 0 Å². The third-order valence-corrected chi connectivity index (χ3v) is 2.93. The largest absolute Gasteiger partial charge is 0.297 e. The van der Waals surface area contributed by atoms with E-state index in [-0.39, 0.29) is 5.82 Å². The molecule has 0 saturated carbocycles. The molecule has 1 nitrogen and oxygen atoms in total. The van der Waals surface area contributed by atoms with Crippen molar-refractivity contribution in [1.82, 2.24) is 0 Å². The Bertz CT molecular complexity index is 462. The number of aldehydes is 1. The number of carbonyl (C=O) groups is 1. The smallest absolute Gasteiger partial charge is 0.160 e. The van der Waals surface area contributed by atoms with Gasteiger partial charge < -0.3 is 0 Å². The normalized spacial score (nSPS) is 10.1. The van der Waals surface area contributed by atoms with Crippen LogP contribution in [-0.2, 0) is 0 Å². The lowest BCUT2D eigenvalue weighted by Gasteiger charge is -1.97. The van der Waals surface area contributed by atoms with Gasteiger partial charge in [-0.25, -0.2) is 4.39 Å². The van der Waals surface area contributed by atoms with Crippen molar-refractivity contribution >= 4 is 17.6 Å². The van der Waals surface area contributed by atoms with Gasteiger partial charge in [0.05, 0.1) is 4.88 Å². The Morgan fingerprint density at radius 2 is 1.93 bits per heavy atom. The Kier molecular flexibility index (Phi) is 2.41. The zero-order valence-electron chi connectivity index (χ0n) is 7.24. The van der Waals surface area contributed by atoms with Gasteiger partial charge in [-0.1, -0.05) is 18.2 Å². The molecule has 1 heterocycles. The quantitative estimate of drug-likeness (QED) is 0.688. The topological polar surface area (TPSA) is 17.1 Å². The maximum Gasteiger partial charge on any atom is 0.160 e. The Morgan fingerprint density at radius 1 is 1.14 bits per heavy atom. The van der Waals surface area contributed by atoms with E-state index in [2.05, 4.69) is 0 Å². The number of hydrogen-bond acceptors (Lipinski definition) is 2. The minimum Gasteiger partial charge on any atom is -0.297 e. The number of hydrogen-bond donors (Lipinski definition) is 0. The lowest BCUT2D eigenvalue weighted by molar-refractivity contribution is 0.112. The molecule has 2 rings (SSSR count). The minimum atomic E-state index is -0.258. The van der Waals surface area contributed by atoms with Crippen molar-refractivity contribution < 1.29 is 9.18 Å². The van der Waals surface area contributed by atoms with Crippen LogP contribution in [0.3, 0.4) is 0 Å². The molecule has 14 heavy (non-hydrogen) atoms. The number of halogens is 1. The van der Waals surface area contributed by atoms with Gasteiger partial charge in [-0.05, 0) is 18.2 Å². The van der Waals surface area contributed by atoms with E-state index in [1.54, 1.807) is 30.3 Å². The summed E-state index contributed by atoms with van der Waals surface area (Å²) in [5, 5.41) is 0. The third-order valence-electron chi connectivity index (χ3n) is 1.88. The van der Waals surface area contributed by atoms with Gasteiger partial charge in [-0.3, -0.25) is 4.79 Å². The highest BCUT2D eigenvalue weighted by Gasteiger charge is 2.06. The molecule has 0 amide bonds. The maximum absolute atomic E-state index is 13.3. The maximum atomic E-state index is 13.3. The molecular formula is C11H7FOS. The molecule has 1 aromatic carbocycles. The van der Waals surface area contributed by atoms with Gasteiger partial charge in [0.25, 0.3) is 0 Å². The Labute approximate surface area is 84.8 Å². The van der Waals surface area contributed by atoms with Crippen molar-refractivity contribution in [2.45, 2.75) is 0 Å². The molecule has 0 fully saturated rings. The van der Waals surface area contributed by atoms with E-state index in [0.29, 0.717) is 10.4 Å². The first-order chi connectivity index (χ1) is 6.81. The van der Waals surface area contributed by atoms with Gasteiger partial charge in [0, 0.05) is 10.4 Å². The number of carbonyl (C=O) groups excluding carboxylic acids is 1. The number of thiophene rings is 1. The highest BCUT2D eigenvalue weighted by molar-refractivity contribution is 7.17. The van der Waals surface area contributed by atoms with Crippen LogP contribution in [0.5, 0.6) is 0 Å². The molecule has 0 saturated heterocycles. The molecule has 0 aliphatic carbocycles. The SMILES string of the molecule is O=Cc1ccc(-c2ccccc2F)s1. The summed E-state index contributed by atoms with van der Waals surface area (Å²) >= 11 is 1.29. The van der Waals surface area contributed by atoms with Crippen molar-refractivity contribution in [3.05, 3.63) is 47.1 Å². The third kappa shape index (κ3) is 1.59. The molecule has 1 aromatic heterocycles. The Balaban J connectivity index is 2.49. The van der Waals surface area contributed by atoms with Crippen LogP contribution in [0.4, 0.5) is 4.39 Å². The number of rotatable bonds is 2. The molecule has 0 aliphatic heterocycles. The van der Waals surface area contributed by atoms with Crippen molar-refractivity contribution in [1.29, 1.82) is 0 Å². The summed E-state index contributed by atoms with van der Waals surface area (Å²) in [7, 11) is 0. The molecule has 0 bridgehead atoms. The Hall–Kier alpha value is -1.48. The standard InChI is InChI=1S/C11H7FOS/c12-10-4-2-1-3-9(10)11-6-5-8(7-13)14-11/h1-7H. The van der Waals surface area contributed by atoms with E-state index in [9.17, 15) is 9.18 Å². The van der Waals surface area contributed by atoms with Gasteiger partial charge in [-0.2, -0.15) is 0 Å². The molecule has 3 heteroatoms. The van der Waals surface area contributed by atoms with E-state index < -0.39 is 0 Å². The van der Waals surface area contributed by atoms with Crippen molar-refractivity contribution in [3.63, 3.8) is 0 Å². The average molecular weight is 206 g/mol. The molecular weight excluding hydrogens is 199 g/mol. The molecule has 0 spiro atoms. The molecule has 0 N–H and O–H groups in total. The van der Waals surface area contributed by atoms with E-state index in [1.165, 1.54) is 17.4 Å². The van der Waals surface area contributed by atoms with E-state index in [1.807, 2.05) is 0 Å². The van der Waals surface area contributed by atoms with Gasteiger partial charge in [0.1, 0.15) is 5.82 Å². The summed E-state index contributed by atoms with van der Waals surface area (Å²) in [5.41, 5.74) is 0.547. The first-order valence-electron chi connectivity index (χ1n) is 4.11. The lowest BCUT2D eigenvalue weighted by Crippen LogP contribution is -1.78. The molecule has 0 atom stereocenters. The fourth-order valence-electron chi connectivity index (χ4n) is 1.22. The van der Waals surface area contributed by atoms with Crippen LogP contribution in [0.2, 0.25) is 0 Å². The summed E-state index contributed by atoms with van der Waals surface area (Å²) in [6.45, 7) is 0. The van der Waals surface area contributed by atoms with Crippen LogP contribution in [0, 0.1) is 5.82 Å². The van der Waals surface area contributed by atoms with Crippen LogP contribution in [0.25, 0.3) is 10.4 Å². The summed E-state index contributed by atoms with van der Waals surface area (Å²) in [6.07, 6.45) is 0.773. The van der Waals surface area contributed by atoms with Gasteiger partial charge in [0.15, 0.2) is 6.29 Å². The fraction of sp³-hybridized carbons (Fsp3) is 0. The molecule has 2 aromatic rings. The van der Waals surface area contributed by atoms with E-state index >= 15 is 0 Å². The van der Waals surface area contributed by atoms with Gasteiger partial charge in [-0.15, -0.1) is 11.3 Å². The summed E-state index contributed by atoms with van der Waals surface area (Å²) < 4.78 is 13.3.